The van der Waals surface area contributed by atoms with Crippen molar-refractivity contribution in [3.8, 4) is 0 Å². The van der Waals surface area contributed by atoms with Crippen molar-refractivity contribution in [1.82, 2.24) is 15.1 Å². The second kappa shape index (κ2) is 6.05. The molecule has 1 aliphatic carbocycles. The van der Waals surface area contributed by atoms with Crippen LogP contribution in [-0.2, 0) is 0 Å². The van der Waals surface area contributed by atoms with E-state index >= 15 is 0 Å². The maximum absolute atomic E-state index is 11.2. The van der Waals surface area contributed by atoms with Crippen LogP contribution in [0, 0.1) is 0 Å². The fraction of sp³-hybridized carbons (Fsp3) is 0.500. The maximum atomic E-state index is 11.2. The summed E-state index contributed by atoms with van der Waals surface area (Å²) in [6, 6.07) is 1.57. The van der Waals surface area contributed by atoms with Crippen LogP contribution < -0.4 is 10.6 Å². The van der Waals surface area contributed by atoms with Crippen LogP contribution in [0.25, 0.3) is 0 Å². The van der Waals surface area contributed by atoms with Crippen LogP contribution in [0.5, 0.6) is 0 Å². The Morgan fingerprint density at radius 2 is 2.00 bits per heavy atom. The van der Waals surface area contributed by atoms with Crippen molar-refractivity contribution in [1.29, 1.82) is 0 Å². The van der Waals surface area contributed by atoms with Gasteiger partial charge in [-0.05, 0) is 31.7 Å². The minimum absolute atomic E-state index is 0.307. The summed E-state index contributed by atoms with van der Waals surface area (Å²) in [6.45, 7) is 1.61. The normalized spacial score (nSPS) is 18.8. The molecule has 0 atom stereocenters. The monoisotopic (exact) mass is 347 g/mol. The first-order valence-corrected chi connectivity index (χ1v) is 8.53. The molecule has 7 nitrogen and oxygen atoms in total. The van der Waals surface area contributed by atoms with Crippen LogP contribution in [0.4, 0.5) is 5.82 Å². The molecule has 1 amide bonds. The van der Waals surface area contributed by atoms with E-state index in [-0.39, 0.29) is 0 Å². The van der Waals surface area contributed by atoms with Crippen molar-refractivity contribution < 1.29 is 9.32 Å². The fourth-order valence-corrected chi connectivity index (χ4v) is 3.34. The number of halogens is 1. The fourth-order valence-electron chi connectivity index (χ4n) is 3.06. The van der Waals surface area contributed by atoms with Gasteiger partial charge in [-0.3, -0.25) is 4.79 Å². The molecule has 0 aromatic carbocycles. The summed E-state index contributed by atoms with van der Waals surface area (Å²) < 4.78 is 5.36. The second-order valence-corrected chi connectivity index (χ2v) is 6.83. The number of anilines is 1. The molecule has 0 radical (unpaired) electrons. The zero-order valence-electron chi connectivity index (χ0n) is 13.1. The average Bonchev–Trinajstić information content (AvgIpc) is 3.32. The standard InChI is InChI=1S/C16H18ClN5O2/c17-12-7-11(13(18)23)8-19-15(12)22-5-3-9(4-6-22)14-20-16(24-21-14)10-1-2-10/h7-10H,1-6H2,(H2,18,23). The van der Waals surface area contributed by atoms with E-state index in [9.17, 15) is 4.79 Å². The van der Waals surface area contributed by atoms with Gasteiger partial charge >= 0.3 is 0 Å². The quantitative estimate of drug-likeness (QED) is 0.912. The lowest BCUT2D eigenvalue weighted by atomic mass is 9.96. The third-order valence-electron chi connectivity index (χ3n) is 4.65. The first-order valence-electron chi connectivity index (χ1n) is 8.15. The van der Waals surface area contributed by atoms with Crippen molar-refractivity contribution in [2.75, 3.05) is 18.0 Å². The van der Waals surface area contributed by atoms with Crippen LogP contribution >= 0.6 is 11.6 Å². The Hall–Kier alpha value is -2.15. The minimum atomic E-state index is -0.529. The Labute approximate surface area is 144 Å². The molecule has 2 N–H and O–H groups in total. The highest BCUT2D eigenvalue weighted by Crippen LogP contribution is 2.40. The zero-order valence-corrected chi connectivity index (χ0v) is 13.9. The highest BCUT2D eigenvalue weighted by molar-refractivity contribution is 6.33. The molecule has 8 heteroatoms. The first-order chi connectivity index (χ1) is 11.6. The Balaban J connectivity index is 1.42. The van der Waals surface area contributed by atoms with Crippen LogP contribution in [0.15, 0.2) is 16.8 Å². The van der Waals surface area contributed by atoms with Crippen molar-refractivity contribution in [2.45, 2.75) is 37.5 Å². The van der Waals surface area contributed by atoms with Crippen molar-refractivity contribution in [3.63, 3.8) is 0 Å². The molecule has 2 fully saturated rings. The molecular formula is C16H18ClN5O2. The summed E-state index contributed by atoms with van der Waals surface area (Å²) in [4.78, 5) is 22.2. The van der Waals surface area contributed by atoms with Gasteiger partial charge in [0.2, 0.25) is 11.8 Å². The number of carbonyl (C=O) groups excluding carboxylic acids is 1. The molecule has 0 bridgehead atoms. The second-order valence-electron chi connectivity index (χ2n) is 6.42. The summed E-state index contributed by atoms with van der Waals surface area (Å²) in [7, 11) is 0. The number of hydrogen-bond donors (Lipinski definition) is 1. The van der Waals surface area contributed by atoms with Gasteiger partial charge < -0.3 is 15.2 Å². The van der Waals surface area contributed by atoms with Crippen molar-refractivity contribution in [2.24, 2.45) is 5.73 Å². The first kappa shape index (κ1) is 15.4. The van der Waals surface area contributed by atoms with Gasteiger partial charge in [-0.1, -0.05) is 16.8 Å². The molecule has 1 aliphatic heterocycles. The van der Waals surface area contributed by atoms with Gasteiger partial charge in [0, 0.05) is 31.1 Å². The number of aromatic nitrogens is 3. The molecule has 24 heavy (non-hydrogen) atoms. The van der Waals surface area contributed by atoms with Crippen LogP contribution in [0.3, 0.4) is 0 Å². The van der Waals surface area contributed by atoms with Crippen molar-refractivity contribution >= 4 is 23.3 Å². The predicted octanol–water partition coefficient (Wildman–Crippen LogP) is 2.48. The predicted molar refractivity (Wildman–Crippen MR) is 88.2 cm³/mol. The van der Waals surface area contributed by atoms with Crippen LogP contribution in [0.2, 0.25) is 5.02 Å². The number of nitrogens with two attached hydrogens (primary N) is 1. The van der Waals surface area contributed by atoms with Gasteiger partial charge in [0.15, 0.2) is 5.82 Å². The summed E-state index contributed by atoms with van der Waals surface area (Å²) in [6.07, 6.45) is 5.62. The Bertz CT molecular complexity index is 766. The van der Waals surface area contributed by atoms with Gasteiger partial charge in [-0.15, -0.1) is 0 Å². The summed E-state index contributed by atoms with van der Waals surface area (Å²) in [5, 5.41) is 4.59. The van der Waals surface area contributed by atoms with E-state index in [4.69, 9.17) is 21.9 Å². The van der Waals surface area contributed by atoms with E-state index in [1.54, 1.807) is 6.07 Å². The minimum Gasteiger partial charge on any atom is -0.366 e. The number of piperidine rings is 1. The van der Waals surface area contributed by atoms with Gasteiger partial charge in [-0.2, -0.15) is 4.98 Å². The van der Waals surface area contributed by atoms with Gasteiger partial charge in [0.1, 0.15) is 5.82 Å². The number of rotatable bonds is 4. The average molecular weight is 348 g/mol. The molecule has 0 spiro atoms. The number of amides is 1. The summed E-state index contributed by atoms with van der Waals surface area (Å²) >= 11 is 6.25. The van der Waals surface area contributed by atoms with E-state index < -0.39 is 5.91 Å². The molecule has 3 heterocycles. The number of primary amides is 1. The molecule has 2 aromatic rings. The van der Waals surface area contributed by atoms with E-state index in [0.29, 0.717) is 28.2 Å². The van der Waals surface area contributed by atoms with Crippen molar-refractivity contribution in [3.05, 3.63) is 34.6 Å². The van der Waals surface area contributed by atoms with Crippen LogP contribution in [0.1, 0.15) is 59.6 Å². The molecule has 1 saturated carbocycles. The highest BCUT2D eigenvalue weighted by atomic mass is 35.5. The lowest BCUT2D eigenvalue weighted by Crippen LogP contribution is -2.34. The molecular weight excluding hydrogens is 330 g/mol. The molecule has 4 rings (SSSR count). The molecule has 2 aromatic heterocycles. The molecule has 1 saturated heterocycles. The van der Waals surface area contributed by atoms with E-state index in [0.717, 1.165) is 50.5 Å². The topological polar surface area (TPSA) is 98.1 Å². The lowest BCUT2D eigenvalue weighted by molar-refractivity contribution is 0.1000. The summed E-state index contributed by atoms with van der Waals surface area (Å²) in [5.74, 6) is 2.56. The van der Waals surface area contributed by atoms with E-state index in [1.165, 1.54) is 6.20 Å². The lowest BCUT2D eigenvalue weighted by Gasteiger charge is -2.32. The number of carbonyl (C=O) groups is 1. The van der Waals surface area contributed by atoms with E-state index in [1.807, 2.05) is 0 Å². The number of hydrogen-bond acceptors (Lipinski definition) is 6. The molecule has 2 aliphatic rings. The van der Waals surface area contributed by atoms with Crippen LogP contribution in [-0.4, -0.2) is 34.1 Å². The summed E-state index contributed by atoms with van der Waals surface area (Å²) in [5.41, 5.74) is 5.57. The molecule has 0 unspecified atom stereocenters. The largest absolute Gasteiger partial charge is 0.366 e. The third kappa shape index (κ3) is 2.96. The van der Waals surface area contributed by atoms with Gasteiger partial charge in [0.25, 0.3) is 0 Å². The Morgan fingerprint density at radius 1 is 1.25 bits per heavy atom. The SMILES string of the molecule is NC(=O)c1cnc(N2CCC(c3noc(C4CC4)n3)CC2)c(Cl)c1. The third-order valence-corrected chi connectivity index (χ3v) is 4.93. The molecule has 126 valence electrons. The number of pyridine rings is 1. The van der Waals surface area contributed by atoms with E-state index in [2.05, 4.69) is 20.0 Å². The maximum Gasteiger partial charge on any atom is 0.250 e. The van der Waals surface area contributed by atoms with Gasteiger partial charge in [0.05, 0.1) is 10.6 Å². The Morgan fingerprint density at radius 3 is 2.62 bits per heavy atom. The smallest absolute Gasteiger partial charge is 0.250 e. The number of nitrogens with zero attached hydrogens (tertiary/aromatic N) is 4. The van der Waals surface area contributed by atoms with Gasteiger partial charge in [-0.25, -0.2) is 4.98 Å². The highest BCUT2D eigenvalue weighted by Gasteiger charge is 2.32. The zero-order chi connectivity index (χ0) is 16.7. The Kier molecular flexibility index (Phi) is 3.88.